The quantitative estimate of drug-likeness (QED) is 0.523. The number of sulfonamides is 1. The number of non-ortho nitro benzene ring substituents is 1. The summed E-state index contributed by atoms with van der Waals surface area (Å²) in [6.45, 7) is 1.95. The Morgan fingerprint density at radius 1 is 1.04 bits per heavy atom. The highest BCUT2D eigenvalue weighted by molar-refractivity contribution is 7.92. The molecule has 0 amide bonds. The smallest absolute Gasteiger partial charge is 0.269 e. The van der Waals surface area contributed by atoms with Gasteiger partial charge in [0.2, 0.25) is 10.0 Å². The van der Waals surface area contributed by atoms with Gasteiger partial charge in [0.25, 0.3) is 5.69 Å². The summed E-state index contributed by atoms with van der Waals surface area (Å²) in [5, 5.41) is 11.5. The van der Waals surface area contributed by atoms with Crippen LogP contribution in [0.2, 0.25) is 0 Å². The molecule has 1 heterocycles. The number of nitro groups is 1. The van der Waals surface area contributed by atoms with Crippen LogP contribution in [0.4, 0.5) is 11.4 Å². The molecular formula is C17H15N3O4S2. The molecule has 0 aliphatic carbocycles. The first-order valence-electron chi connectivity index (χ1n) is 7.53. The number of benzene rings is 2. The van der Waals surface area contributed by atoms with Crippen molar-refractivity contribution in [2.24, 2.45) is 0 Å². The minimum Gasteiger partial charge on any atom is -0.284 e. The van der Waals surface area contributed by atoms with Gasteiger partial charge in [-0.25, -0.2) is 13.4 Å². The summed E-state index contributed by atoms with van der Waals surface area (Å²) in [6, 6.07) is 13.2. The summed E-state index contributed by atoms with van der Waals surface area (Å²) >= 11 is 1.50. The van der Waals surface area contributed by atoms with E-state index in [1.54, 1.807) is 36.4 Å². The molecule has 0 saturated carbocycles. The number of aryl methyl sites for hydroxylation is 1. The van der Waals surface area contributed by atoms with Crippen molar-refractivity contribution in [3.8, 4) is 21.8 Å². The van der Waals surface area contributed by atoms with E-state index >= 15 is 0 Å². The average molecular weight is 389 g/mol. The Bertz CT molecular complexity index is 1060. The van der Waals surface area contributed by atoms with Gasteiger partial charge in [-0.3, -0.25) is 14.8 Å². The molecule has 134 valence electrons. The van der Waals surface area contributed by atoms with Crippen molar-refractivity contribution < 1.29 is 13.3 Å². The number of nitrogens with zero attached hydrogens (tertiary/aromatic N) is 2. The normalized spacial score (nSPS) is 11.3. The number of thiazole rings is 1. The molecule has 0 aliphatic rings. The van der Waals surface area contributed by atoms with Gasteiger partial charge in [0, 0.05) is 33.8 Å². The van der Waals surface area contributed by atoms with Crippen LogP contribution in [-0.4, -0.2) is 24.6 Å². The van der Waals surface area contributed by atoms with Gasteiger partial charge in [-0.1, -0.05) is 12.1 Å². The second kappa shape index (κ2) is 6.85. The molecule has 0 aliphatic heterocycles. The maximum Gasteiger partial charge on any atom is 0.269 e. The summed E-state index contributed by atoms with van der Waals surface area (Å²) in [6.07, 6.45) is 1.10. The third kappa shape index (κ3) is 4.06. The number of hydrogen-bond donors (Lipinski definition) is 1. The van der Waals surface area contributed by atoms with Crippen LogP contribution in [0.1, 0.15) is 4.88 Å². The molecule has 1 N–H and O–H groups in total. The van der Waals surface area contributed by atoms with Crippen molar-refractivity contribution in [2.75, 3.05) is 11.0 Å². The first-order valence-corrected chi connectivity index (χ1v) is 10.2. The molecule has 1 aromatic heterocycles. The zero-order valence-corrected chi connectivity index (χ0v) is 15.6. The average Bonchev–Trinajstić information content (AvgIpc) is 2.96. The van der Waals surface area contributed by atoms with Crippen LogP contribution in [0.15, 0.2) is 48.5 Å². The zero-order chi connectivity index (χ0) is 18.9. The highest BCUT2D eigenvalue weighted by Crippen LogP contribution is 2.34. The molecule has 3 aromatic rings. The fourth-order valence-corrected chi connectivity index (χ4v) is 3.93. The van der Waals surface area contributed by atoms with Crippen molar-refractivity contribution in [1.82, 2.24) is 4.98 Å². The summed E-state index contributed by atoms with van der Waals surface area (Å²) in [4.78, 5) is 16.0. The Morgan fingerprint density at radius 2 is 1.62 bits per heavy atom. The highest BCUT2D eigenvalue weighted by Gasteiger charge is 2.13. The van der Waals surface area contributed by atoms with Gasteiger partial charge in [0.05, 0.1) is 16.9 Å². The molecule has 3 rings (SSSR count). The van der Waals surface area contributed by atoms with E-state index in [0.717, 1.165) is 33.0 Å². The molecule has 0 atom stereocenters. The van der Waals surface area contributed by atoms with E-state index in [0.29, 0.717) is 5.69 Å². The minimum atomic E-state index is -3.32. The van der Waals surface area contributed by atoms with E-state index in [1.807, 2.05) is 6.92 Å². The number of nitro benzene ring substituents is 1. The van der Waals surface area contributed by atoms with E-state index in [-0.39, 0.29) is 5.69 Å². The molecule has 0 bridgehead atoms. The fraction of sp³-hybridized carbons (Fsp3) is 0.118. The standard InChI is InChI=1S/C17H15N3O4S2/c1-11-16(12-3-7-14(8-4-12)19-26(2,23)24)18-17(25-11)13-5-9-15(10-6-13)20(21)22/h3-10,19H,1-2H3. The van der Waals surface area contributed by atoms with Crippen LogP contribution in [0, 0.1) is 17.0 Å². The number of hydrogen-bond acceptors (Lipinski definition) is 6. The Balaban J connectivity index is 1.89. The van der Waals surface area contributed by atoms with Gasteiger partial charge in [-0.2, -0.15) is 0 Å². The number of rotatable bonds is 5. The third-order valence-corrected chi connectivity index (χ3v) is 5.21. The minimum absolute atomic E-state index is 0.0382. The highest BCUT2D eigenvalue weighted by atomic mass is 32.2. The fourth-order valence-electron chi connectivity index (χ4n) is 2.42. The van der Waals surface area contributed by atoms with Gasteiger partial charge in [-0.15, -0.1) is 11.3 Å². The Hall–Kier alpha value is -2.78. The molecular weight excluding hydrogens is 374 g/mol. The van der Waals surface area contributed by atoms with Crippen molar-refractivity contribution in [2.45, 2.75) is 6.92 Å². The zero-order valence-electron chi connectivity index (χ0n) is 14.0. The van der Waals surface area contributed by atoms with Crippen LogP contribution in [0.5, 0.6) is 0 Å². The summed E-state index contributed by atoms with van der Waals surface area (Å²) in [5.74, 6) is 0. The molecule has 0 spiro atoms. The molecule has 2 aromatic carbocycles. The largest absolute Gasteiger partial charge is 0.284 e. The van der Waals surface area contributed by atoms with E-state index in [9.17, 15) is 18.5 Å². The first kappa shape index (κ1) is 18.0. The Labute approximate surface area is 154 Å². The molecule has 0 saturated heterocycles. The second-order valence-corrected chi connectivity index (χ2v) is 8.63. The van der Waals surface area contributed by atoms with E-state index in [4.69, 9.17) is 0 Å². The summed E-state index contributed by atoms with van der Waals surface area (Å²) in [5.41, 5.74) is 3.00. The summed E-state index contributed by atoms with van der Waals surface area (Å²) < 4.78 is 25.0. The lowest BCUT2D eigenvalue weighted by Crippen LogP contribution is -2.09. The number of anilines is 1. The predicted octanol–water partition coefficient (Wildman–Crippen LogP) is 4.07. The van der Waals surface area contributed by atoms with Crippen molar-refractivity contribution >= 4 is 32.7 Å². The van der Waals surface area contributed by atoms with Crippen molar-refractivity contribution in [3.05, 3.63) is 63.5 Å². The monoisotopic (exact) mass is 389 g/mol. The van der Waals surface area contributed by atoms with Crippen LogP contribution in [-0.2, 0) is 10.0 Å². The van der Waals surface area contributed by atoms with Gasteiger partial charge in [0.15, 0.2) is 0 Å². The molecule has 9 heteroatoms. The Kier molecular flexibility index (Phi) is 4.75. The van der Waals surface area contributed by atoms with Crippen molar-refractivity contribution in [1.29, 1.82) is 0 Å². The van der Waals surface area contributed by atoms with E-state index < -0.39 is 14.9 Å². The summed E-state index contributed by atoms with van der Waals surface area (Å²) in [7, 11) is -3.32. The molecule has 0 fully saturated rings. The number of nitrogens with one attached hydrogen (secondary N) is 1. The van der Waals surface area contributed by atoms with Gasteiger partial charge < -0.3 is 0 Å². The SMILES string of the molecule is Cc1sc(-c2ccc([N+](=O)[O-])cc2)nc1-c1ccc(NS(C)(=O)=O)cc1. The third-order valence-electron chi connectivity index (χ3n) is 3.58. The van der Waals surface area contributed by atoms with E-state index in [1.165, 1.54) is 23.5 Å². The van der Waals surface area contributed by atoms with Crippen LogP contribution < -0.4 is 4.72 Å². The van der Waals surface area contributed by atoms with Crippen LogP contribution >= 0.6 is 11.3 Å². The topological polar surface area (TPSA) is 102 Å². The van der Waals surface area contributed by atoms with Gasteiger partial charge in [0.1, 0.15) is 5.01 Å². The maximum absolute atomic E-state index is 11.3. The van der Waals surface area contributed by atoms with Crippen LogP contribution in [0.25, 0.3) is 21.8 Å². The first-order chi connectivity index (χ1) is 12.2. The number of aromatic nitrogens is 1. The van der Waals surface area contributed by atoms with Crippen molar-refractivity contribution in [3.63, 3.8) is 0 Å². The lowest BCUT2D eigenvalue weighted by molar-refractivity contribution is -0.384. The molecule has 0 unspecified atom stereocenters. The predicted molar refractivity (Wildman–Crippen MR) is 103 cm³/mol. The molecule has 0 radical (unpaired) electrons. The molecule has 26 heavy (non-hydrogen) atoms. The molecule has 7 nitrogen and oxygen atoms in total. The maximum atomic E-state index is 11.3. The van der Waals surface area contributed by atoms with Crippen LogP contribution in [0.3, 0.4) is 0 Å². The lowest BCUT2D eigenvalue weighted by Gasteiger charge is -2.04. The second-order valence-electron chi connectivity index (χ2n) is 5.68. The Morgan fingerprint density at radius 3 is 2.15 bits per heavy atom. The van der Waals surface area contributed by atoms with Gasteiger partial charge in [-0.05, 0) is 31.2 Å². The van der Waals surface area contributed by atoms with E-state index in [2.05, 4.69) is 9.71 Å². The van der Waals surface area contributed by atoms with Gasteiger partial charge >= 0.3 is 0 Å². The lowest BCUT2D eigenvalue weighted by atomic mass is 10.1.